The molecule has 156 valence electrons. The first-order chi connectivity index (χ1) is 13.7. The molecule has 0 heterocycles. The van der Waals surface area contributed by atoms with Gasteiger partial charge in [-0.2, -0.15) is 0 Å². The van der Waals surface area contributed by atoms with Crippen molar-refractivity contribution < 1.29 is 19.1 Å². The van der Waals surface area contributed by atoms with Gasteiger partial charge in [-0.3, -0.25) is 4.79 Å². The van der Waals surface area contributed by atoms with Crippen LogP contribution in [0.1, 0.15) is 38.8 Å². The molecule has 0 aliphatic carbocycles. The highest BCUT2D eigenvalue weighted by atomic mass is 16.6. The fourth-order valence-corrected chi connectivity index (χ4v) is 2.66. The summed E-state index contributed by atoms with van der Waals surface area (Å²) in [5.41, 5.74) is 1.54. The second kappa shape index (κ2) is 10.5. The first kappa shape index (κ1) is 22.3. The van der Waals surface area contributed by atoms with E-state index in [1.165, 1.54) is 6.92 Å². The van der Waals surface area contributed by atoms with Crippen molar-refractivity contribution in [1.29, 1.82) is 0 Å². The summed E-state index contributed by atoms with van der Waals surface area (Å²) in [4.78, 5) is 23.4. The number of hydrogen-bond donors (Lipinski definition) is 2. The van der Waals surface area contributed by atoms with E-state index >= 15 is 0 Å². The predicted octanol–water partition coefficient (Wildman–Crippen LogP) is 3.84. The van der Waals surface area contributed by atoms with Gasteiger partial charge >= 0.3 is 6.09 Å². The average Bonchev–Trinajstić information content (AvgIpc) is 2.65. The summed E-state index contributed by atoms with van der Waals surface area (Å²) in [5, 5.41) is 5.58. The summed E-state index contributed by atoms with van der Waals surface area (Å²) in [6.45, 7) is 7.70. The Morgan fingerprint density at radius 1 is 0.966 bits per heavy atom. The molecule has 2 aromatic carbocycles. The van der Waals surface area contributed by atoms with Crippen molar-refractivity contribution >= 4 is 12.0 Å². The van der Waals surface area contributed by atoms with Crippen LogP contribution in [0.3, 0.4) is 0 Å². The van der Waals surface area contributed by atoms with E-state index in [2.05, 4.69) is 10.6 Å². The van der Waals surface area contributed by atoms with Crippen LogP contribution in [0.2, 0.25) is 0 Å². The molecule has 0 saturated carbocycles. The van der Waals surface area contributed by atoms with Gasteiger partial charge in [0.15, 0.2) is 0 Å². The van der Waals surface area contributed by atoms with Crippen LogP contribution in [0.5, 0.6) is 5.75 Å². The summed E-state index contributed by atoms with van der Waals surface area (Å²) in [6, 6.07) is 17.4. The molecule has 0 aliphatic rings. The van der Waals surface area contributed by atoms with E-state index in [9.17, 15) is 9.59 Å². The molecule has 0 spiro atoms. The maximum Gasteiger partial charge on any atom is 0.407 e. The van der Waals surface area contributed by atoms with Crippen LogP contribution in [0.4, 0.5) is 4.79 Å². The summed E-state index contributed by atoms with van der Waals surface area (Å²) in [5.74, 6) is 0.627. The molecule has 6 heteroatoms. The second-order valence-electron chi connectivity index (χ2n) is 7.90. The number of amides is 2. The fourth-order valence-electron chi connectivity index (χ4n) is 2.66. The molecule has 2 N–H and O–H groups in total. The minimum Gasteiger partial charge on any atom is -0.489 e. The zero-order valence-corrected chi connectivity index (χ0v) is 17.5. The molecule has 2 amide bonds. The van der Waals surface area contributed by atoms with Crippen LogP contribution in [0, 0.1) is 0 Å². The van der Waals surface area contributed by atoms with Gasteiger partial charge in [0.1, 0.15) is 18.0 Å². The van der Waals surface area contributed by atoms with Crippen LogP contribution < -0.4 is 15.4 Å². The molecule has 1 unspecified atom stereocenters. The number of carbonyl (C=O) groups is 2. The Morgan fingerprint density at radius 3 is 2.21 bits per heavy atom. The molecule has 0 aromatic heterocycles. The summed E-state index contributed by atoms with van der Waals surface area (Å²) >= 11 is 0. The van der Waals surface area contributed by atoms with Crippen molar-refractivity contribution in [2.24, 2.45) is 0 Å². The van der Waals surface area contributed by atoms with Crippen LogP contribution in [-0.4, -0.2) is 30.2 Å². The van der Waals surface area contributed by atoms with Crippen molar-refractivity contribution in [3.8, 4) is 5.75 Å². The Balaban J connectivity index is 1.94. The van der Waals surface area contributed by atoms with Crippen LogP contribution in [0.25, 0.3) is 0 Å². The standard InChI is InChI=1S/C23H30N2O4/c1-17(26)24-15-20(25-22(27)29-23(2,3)4)14-18-10-12-21(13-11-18)28-16-19-8-6-5-7-9-19/h5-13,20H,14-16H2,1-4H3,(H,24,26)(H,25,27). The van der Waals surface area contributed by atoms with Crippen LogP contribution in [0.15, 0.2) is 54.6 Å². The number of rotatable bonds is 8. The maximum absolute atomic E-state index is 12.1. The third-order valence-electron chi connectivity index (χ3n) is 3.97. The zero-order chi connectivity index (χ0) is 21.3. The Hall–Kier alpha value is -3.02. The minimum atomic E-state index is -0.583. The highest BCUT2D eigenvalue weighted by molar-refractivity contribution is 5.73. The van der Waals surface area contributed by atoms with Gasteiger partial charge in [0.05, 0.1) is 6.04 Å². The van der Waals surface area contributed by atoms with Crippen LogP contribution >= 0.6 is 0 Å². The topological polar surface area (TPSA) is 76.7 Å². The summed E-state index contributed by atoms with van der Waals surface area (Å²) < 4.78 is 11.1. The first-order valence-corrected chi connectivity index (χ1v) is 9.71. The van der Waals surface area contributed by atoms with Crippen molar-refractivity contribution in [1.82, 2.24) is 10.6 Å². The molecule has 0 aliphatic heterocycles. The Morgan fingerprint density at radius 2 is 1.62 bits per heavy atom. The monoisotopic (exact) mass is 398 g/mol. The van der Waals surface area contributed by atoms with Crippen LogP contribution in [-0.2, 0) is 22.6 Å². The third-order valence-corrected chi connectivity index (χ3v) is 3.97. The normalized spacial score (nSPS) is 12.0. The largest absolute Gasteiger partial charge is 0.489 e. The Kier molecular flexibility index (Phi) is 8.07. The SMILES string of the molecule is CC(=O)NCC(Cc1ccc(OCc2ccccc2)cc1)NC(=O)OC(C)(C)C. The Labute approximate surface area is 172 Å². The van der Waals surface area contributed by atoms with Gasteiger partial charge in [0, 0.05) is 13.5 Å². The lowest BCUT2D eigenvalue weighted by molar-refractivity contribution is -0.119. The molecular weight excluding hydrogens is 368 g/mol. The van der Waals surface area contributed by atoms with Gasteiger partial charge in [-0.15, -0.1) is 0 Å². The number of hydrogen-bond acceptors (Lipinski definition) is 4. The number of ether oxygens (including phenoxy) is 2. The first-order valence-electron chi connectivity index (χ1n) is 9.71. The highest BCUT2D eigenvalue weighted by Crippen LogP contribution is 2.16. The summed E-state index contributed by atoms with van der Waals surface area (Å²) in [7, 11) is 0. The minimum absolute atomic E-state index is 0.148. The lowest BCUT2D eigenvalue weighted by atomic mass is 10.1. The van der Waals surface area contributed by atoms with Gasteiger partial charge in [-0.1, -0.05) is 42.5 Å². The molecule has 0 fully saturated rings. The van der Waals surface area contributed by atoms with E-state index < -0.39 is 11.7 Å². The molecule has 0 saturated heterocycles. The van der Waals surface area contributed by atoms with Crippen molar-refractivity contribution in [2.45, 2.75) is 52.4 Å². The molecule has 29 heavy (non-hydrogen) atoms. The van der Waals surface area contributed by atoms with E-state index in [1.807, 2.05) is 75.4 Å². The van der Waals surface area contributed by atoms with Crippen molar-refractivity contribution in [3.63, 3.8) is 0 Å². The van der Waals surface area contributed by atoms with Crippen molar-refractivity contribution in [3.05, 3.63) is 65.7 Å². The van der Waals surface area contributed by atoms with Gasteiger partial charge in [-0.05, 0) is 50.5 Å². The van der Waals surface area contributed by atoms with E-state index in [4.69, 9.17) is 9.47 Å². The molecule has 0 radical (unpaired) electrons. The van der Waals surface area contributed by atoms with Gasteiger partial charge in [0.25, 0.3) is 0 Å². The molecule has 1 atom stereocenters. The van der Waals surface area contributed by atoms with E-state index in [-0.39, 0.29) is 11.9 Å². The average molecular weight is 399 g/mol. The highest BCUT2D eigenvalue weighted by Gasteiger charge is 2.20. The molecule has 0 bridgehead atoms. The number of benzene rings is 2. The van der Waals surface area contributed by atoms with Gasteiger partial charge < -0.3 is 20.1 Å². The molecule has 6 nitrogen and oxygen atoms in total. The van der Waals surface area contributed by atoms with Gasteiger partial charge in [-0.25, -0.2) is 4.79 Å². The fraction of sp³-hybridized carbons (Fsp3) is 0.391. The Bertz CT molecular complexity index is 783. The number of alkyl carbamates (subject to hydrolysis) is 1. The molecule has 2 rings (SSSR count). The third kappa shape index (κ3) is 9.14. The number of nitrogens with one attached hydrogen (secondary N) is 2. The molecule has 2 aromatic rings. The number of carbonyl (C=O) groups excluding carboxylic acids is 2. The predicted molar refractivity (Wildman–Crippen MR) is 113 cm³/mol. The zero-order valence-electron chi connectivity index (χ0n) is 17.5. The molecular formula is C23H30N2O4. The quantitative estimate of drug-likeness (QED) is 0.708. The maximum atomic E-state index is 12.1. The van der Waals surface area contributed by atoms with E-state index in [0.717, 1.165) is 16.9 Å². The van der Waals surface area contributed by atoms with E-state index in [1.54, 1.807) is 0 Å². The van der Waals surface area contributed by atoms with E-state index in [0.29, 0.717) is 19.6 Å². The summed E-state index contributed by atoms with van der Waals surface area (Å²) in [6.07, 6.45) is 0.0500. The lowest BCUT2D eigenvalue weighted by Crippen LogP contribution is -2.46. The lowest BCUT2D eigenvalue weighted by Gasteiger charge is -2.24. The van der Waals surface area contributed by atoms with Crippen molar-refractivity contribution in [2.75, 3.05) is 6.54 Å². The van der Waals surface area contributed by atoms with Gasteiger partial charge in [0.2, 0.25) is 5.91 Å². The smallest absolute Gasteiger partial charge is 0.407 e. The second-order valence-corrected chi connectivity index (χ2v) is 7.90.